The molecule has 0 fully saturated rings. The highest BCUT2D eigenvalue weighted by atomic mass is 16.4. The summed E-state index contributed by atoms with van der Waals surface area (Å²) in [7, 11) is 0. The molecular weight excluding hydrogens is 266 g/mol. The Kier molecular flexibility index (Phi) is 4.63. The Balaban J connectivity index is 2.09. The lowest BCUT2D eigenvalue weighted by molar-refractivity contribution is -0.149. The van der Waals surface area contributed by atoms with Gasteiger partial charge in [0.1, 0.15) is 5.65 Å². The molecule has 5 heteroatoms. The molecule has 0 spiro atoms. The predicted octanol–water partition coefficient (Wildman–Crippen LogP) is 2.62. The number of carboxylic acid groups (broad SMARTS) is 1. The second kappa shape index (κ2) is 6.26. The molecule has 0 radical (unpaired) electrons. The van der Waals surface area contributed by atoms with Gasteiger partial charge in [0.25, 0.3) is 0 Å². The van der Waals surface area contributed by atoms with Crippen LogP contribution in [0, 0.1) is 12.3 Å². The van der Waals surface area contributed by atoms with Crippen molar-refractivity contribution in [3.05, 3.63) is 35.8 Å². The third-order valence-electron chi connectivity index (χ3n) is 4.38. The lowest BCUT2D eigenvalue weighted by Crippen LogP contribution is -2.40. The number of nitrogens with zero attached hydrogens (tertiary/aromatic N) is 2. The molecule has 0 aliphatic carbocycles. The van der Waals surface area contributed by atoms with E-state index in [1.54, 1.807) is 0 Å². The van der Waals surface area contributed by atoms with Gasteiger partial charge in [-0.1, -0.05) is 19.9 Å². The molecule has 0 bridgehead atoms. The summed E-state index contributed by atoms with van der Waals surface area (Å²) in [5.41, 5.74) is 2.44. The van der Waals surface area contributed by atoms with E-state index < -0.39 is 11.4 Å². The van der Waals surface area contributed by atoms with Crippen LogP contribution in [0.15, 0.2) is 24.5 Å². The average molecular weight is 289 g/mol. The number of hydrogen-bond acceptors (Lipinski definition) is 3. The van der Waals surface area contributed by atoms with Crippen molar-refractivity contribution in [3.8, 4) is 0 Å². The molecule has 21 heavy (non-hydrogen) atoms. The zero-order valence-electron chi connectivity index (χ0n) is 12.9. The molecule has 0 saturated carbocycles. The van der Waals surface area contributed by atoms with Gasteiger partial charge < -0.3 is 14.8 Å². The fourth-order valence-electron chi connectivity index (χ4n) is 2.64. The monoisotopic (exact) mass is 289 g/mol. The fraction of sp³-hybridized carbons (Fsp3) is 0.500. The van der Waals surface area contributed by atoms with Crippen LogP contribution in [0.1, 0.15) is 37.9 Å². The maximum Gasteiger partial charge on any atom is 0.310 e. The van der Waals surface area contributed by atoms with E-state index in [1.165, 1.54) is 0 Å². The Morgan fingerprint density at radius 2 is 2.14 bits per heavy atom. The van der Waals surface area contributed by atoms with Gasteiger partial charge in [0, 0.05) is 19.3 Å². The number of fused-ring (bicyclic) bond motifs is 1. The zero-order chi connectivity index (χ0) is 15.5. The Bertz CT molecular complexity index is 629. The molecule has 0 aliphatic heterocycles. The maximum atomic E-state index is 11.5. The van der Waals surface area contributed by atoms with Crippen molar-refractivity contribution in [2.24, 2.45) is 5.41 Å². The van der Waals surface area contributed by atoms with E-state index in [0.717, 1.165) is 16.9 Å². The molecule has 0 aromatic carbocycles. The van der Waals surface area contributed by atoms with Crippen molar-refractivity contribution in [3.63, 3.8) is 0 Å². The second-order valence-corrected chi connectivity index (χ2v) is 5.53. The van der Waals surface area contributed by atoms with E-state index >= 15 is 0 Å². The van der Waals surface area contributed by atoms with Crippen molar-refractivity contribution in [1.29, 1.82) is 0 Å². The number of nitrogens with one attached hydrogen (secondary N) is 1. The number of hydrogen-bond donors (Lipinski definition) is 2. The van der Waals surface area contributed by atoms with Crippen LogP contribution in [-0.2, 0) is 11.3 Å². The number of rotatable bonds is 7. The molecule has 2 aromatic heterocycles. The van der Waals surface area contributed by atoms with Crippen LogP contribution in [-0.4, -0.2) is 27.0 Å². The number of aliphatic carboxylic acids is 1. The van der Waals surface area contributed by atoms with Gasteiger partial charge in [-0.3, -0.25) is 4.79 Å². The van der Waals surface area contributed by atoms with Gasteiger partial charge in [0.2, 0.25) is 0 Å². The number of imidazole rings is 1. The van der Waals surface area contributed by atoms with Gasteiger partial charge in [0.15, 0.2) is 0 Å². The van der Waals surface area contributed by atoms with Gasteiger partial charge in [0.05, 0.1) is 17.3 Å². The zero-order valence-corrected chi connectivity index (χ0v) is 12.9. The molecule has 0 aliphatic rings. The maximum absolute atomic E-state index is 11.5. The summed E-state index contributed by atoms with van der Waals surface area (Å²) < 4.78 is 2.04. The summed E-state index contributed by atoms with van der Waals surface area (Å²) in [4.78, 5) is 15.9. The smallest absolute Gasteiger partial charge is 0.310 e. The van der Waals surface area contributed by atoms with E-state index in [4.69, 9.17) is 0 Å². The summed E-state index contributed by atoms with van der Waals surface area (Å²) in [5, 5.41) is 12.7. The van der Waals surface area contributed by atoms with Gasteiger partial charge in [-0.15, -0.1) is 0 Å². The van der Waals surface area contributed by atoms with Gasteiger partial charge in [-0.2, -0.15) is 0 Å². The molecule has 5 nitrogen and oxygen atoms in total. The lowest BCUT2D eigenvalue weighted by atomic mass is 9.82. The molecule has 2 aromatic rings. The normalized spacial score (nSPS) is 12.0. The third kappa shape index (κ3) is 2.93. The van der Waals surface area contributed by atoms with Crippen LogP contribution in [0.3, 0.4) is 0 Å². The van der Waals surface area contributed by atoms with E-state index in [0.29, 0.717) is 25.9 Å². The second-order valence-electron chi connectivity index (χ2n) is 5.53. The highest BCUT2D eigenvalue weighted by molar-refractivity contribution is 5.74. The van der Waals surface area contributed by atoms with Crippen LogP contribution in [0.5, 0.6) is 0 Å². The first-order valence-electron chi connectivity index (χ1n) is 7.39. The minimum absolute atomic E-state index is 0.467. The summed E-state index contributed by atoms with van der Waals surface area (Å²) >= 11 is 0. The van der Waals surface area contributed by atoms with E-state index in [-0.39, 0.29) is 0 Å². The van der Waals surface area contributed by atoms with Crippen molar-refractivity contribution in [2.75, 3.05) is 6.54 Å². The van der Waals surface area contributed by atoms with Crippen molar-refractivity contribution < 1.29 is 9.90 Å². The Morgan fingerprint density at radius 3 is 2.76 bits per heavy atom. The first-order valence-corrected chi connectivity index (χ1v) is 7.39. The Hall–Kier alpha value is -1.88. The predicted molar refractivity (Wildman–Crippen MR) is 82.3 cm³/mol. The van der Waals surface area contributed by atoms with E-state index in [2.05, 4.69) is 10.3 Å². The summed E-state index contributed by atoms with van der Waals surface area (Å²) in [5.74, 6) is -0.728. The molecule has 114 valence electrons. The SMILES string of the molecule is CCC(CC)(CNCc1cnc2c(C)cccn12)C(=O)O. The highest BCUT2D eigenvalue weighted by Crippen LogP contribution is 2.25. The van der Waals surface area contributed by atoms with Crippen LogP contribution in [0.2, 0.25) is 0 Å². The van der Waals surface area contributed by atoms with Gasteiger partial charge >= 0.3 is 5.97 Å². The number of aryl methyl sites for hydroxylation is 1. The van der Waals surface area contributed by atoms with Crippen LogP contribution >= 0.6 is 0 Å². The lowest BCUT2D eigenvalue weighted by Gasteiger charge is -2.26. The molecule has 0 atom stereocenters. The highest BCUT2D eigenvalue weighted by Gasteiger charge is 2.34. The minimum Gasteiger partial charge on any atom is -0.481 e. The Morgan fingerprint density at radius 1 is 1.43 bits per heavy atom. The van der Waals surface area contributed by atoms with Crippen LogP contribution in [0.25, 0.3) is 5.65 Å². The first-order chi connectivity index (χ1) is 10.0. The van der Waals surface area contributed by atoms with Crippen LogP contribution in [0.4, 0.5) is 0 Å². The van der Waals surface area contributed by atoms with E-state index in [9.17, 15) is 9.90 Å². The molecule has 2 rings (SSSR count). The minimum atomic E-state index is -0.728. The van der Waals surface area contributed by atoms with E-state index in [1.807, 2.05) is 49.7 Å². The molecule has 2 heterocycles. The largest absolute Gasteiger partial charge is 0.481 e. The van der Waals surface area contributed by atoms with Crippen molar-refractivity contribution in [2.45, 2.75) is 40.2 Å². The number of pyridine rings is 1. The quantitative estimate of drug-likeness (QED) is 0.822. The molecule has 0 saturated heterocycles. The number of aromatic nitrogens is 2. The summed E-state index contributed by atoms with van der Waals surface area (Å²) in [6.07, 6.45) is 5.07. The first kappa shape index (κ1) is 15.5. The summed E-state index contributed by atoms with van der Waals surface area (Å²) in [6, 6.07) is 4.02. The number of carboxylic acids is 1. The standard InChI is InChI=1S/C16H23N3O2/c1-4-16(5-2,15(20)21)11-17-9-13-10-18-14-12(3)7-6-8-19(13)14/h6-8,10,17H,4-5,9,11H2,1-3H3,(H,20,21). The molecular formula is C16H23N3O2. The average Bonchev–Trinajstić information content (AvgIpc) is 2.88. The molecule has 0 amide bonds. The van der Waals surface area contributed by atoms with Gasteiger partial charge in [-0.25, -0.2) is 4.98 Å². The Labute approximate surface area is 125 Å². The topological polar surface area (TPSA) is 66.6 Å². The van der Waals surface area contributed by atoms with Crippen LogP contribution < -0.4 is 5.32 Å². The fourth-order valence-corrected chi connectivity index (χ4v) is 2.64. The van der Waals surface area contributed by atoms with Gasteiger partial charge in [-0.05, 0) is 31.4 Å². The molecule has 2 N–H and O–H groups in total. The van der Waals surface area contributed by atoms with Crippen molar-refractivity contribution >= 4 is 11.6 Å². The third-order valence-corrected chi connectivity index (χ3v) is 4.38. The summed E-state index contributed by atoms with van der Waals surface area (Å²) in [6.45, 7) is 6.96. The number of carbonyl (C=O) groups is 1. The molecule has 0 unspecified atom stereocenters. The van der Waals surface area contributed by atoms with Crippen molar-refractivity contribution in [1.82, 2.24) is 14.7 Å².